The molecule has 2 aromatic carbocycles. The molecule has 6 heteroatoms. The second-order valence-electron chi connectivity index (χ2n) is 5.52. The Hall–Kier alpha value is -2.63. The molecule has 0 saturated carbocycles. The van der Waals surface area contributed by atoms with Crippen molar-refractivity contribution in [3.63, 3.8) is 0 Å². The molecule has 0 atom stereocenters. The molecule has 0 unspecified atom stereocenters. The highest BCUT2D eigenvalue weighted by molar-refractivity contribution is 7.22. The Kier molecular flexibility index (Phi) is 4.03. The van der Waals surface area contributed by atoms with Gasteiger partial charge in [0, 0.05) is 15.3 Å². The number of nitrogens with zero attached hydrogens (tertiary/aromatic N) is 1. The van der Waals surface area contributed by atoms with Crippen LogP contribution in [0.25, 0.3) is 32.2 Å². The van der Waals surface area contributed by atoms with E-state index in [4.69, 9.17) is 16.0 Å². The van der Waals surface area contributed by atoms with Gasteiger partial charge in [0.2, 0.25) is 5.89 Å². The Morgan fingerprint density at radius 1 is 1.16 bits per heavy atom. The van der Waals surface area contributed by atoms with Gasteiger partial charge in [0.05, 0.1) is 17.0 Å². The van der Waals surface area contributed by atoms with Crippen LogP contribution >= 0.6 is 22.9 Å². The molecule has 4 aromatic rings. The summed E-state index contributed by atoms with van der Waals surface area (Å²) >= 11 is 7.49. The normalized spacial score (nSPS) is 11.1. The predicted octanol–water partition coefficient (Wildman–Crippen LogP) is 5.50. The first-order valence-corrected chi connectivity index (χ1v) is 8.76. The molecule has 0 aliphatic rings. The van der Waals surface area contributed by atoms with Crippen LogP contribution in [0.1, 0.15) is 5.69 Å². The largest absolute Gasteiger partial charge is 0.481 e. The lowest BCUT2D eigenvalue weighted by atomic mass is 10.1. The standard InChI is InChI=1S/C19H12ClNO3S/c20-13-7-5-11(6-8-13)18-14(10-17(22)23)21-19(24-18)16-9-12-3-1-2-4-15(12)25-16/h1-9H,10H2,(H,22,23). The zero-order valence-electron chi connectivity index (χ0n) is 12.9. The van der Waals surface area contributed by atoms with Crippen LogP contribution in [0.3, 0.4) is 0 Å². The number of aliphatic carboxylic acids is 1. The summed E-state index contributed by atoms with van der Waals surface area (Å²) in [7, 11) is 0. The van der Waals surface area contributed by atoms with E-state index in [0.717, 1.165) is 20.5 Å². The van der Waals surface area contributed by atoms with Crippen molar-refractivity contribution < 1.29 is 14.3 Å². The molecule has 0 radical (unpaired) electrons. The summed E-state index contributed by atoms with van der Waals surface area (Å²) in [6.07, 6.45) is -0.202. The fourth-order valence-electron chi connectivity index (χ4n) is 2.63. The Balaban J connectivity index is 1.83. The quantitative estimate of drug-likeness (QED) is 0.515. The monoisotopic (exact) mass is 369 g/mol. The lowest BCUT2D eigenvalue weighted by Gasteiger charge is -1.99. The molecule has 0 bridgehead atoms. The lowest BCUT2D eigenvalue weighted by Crippen LogP contribution is -2.01. The number of carboxylic acid groups (broad SMARTS) is 1. The maximum atomic E-state index is 11.2. The highest BCUT2D eigenvalue weighted by atomic mass is 35.5. The Morgan fingerprint density at radius 2 is 1.92 bits per heavy atom. The number of halogens is 1. The minimum absolute atomic E-state index is 0.202. The van der Waals surface area contributed by atoms with Crippen LogP contribution in [-0.4, -0.2) is 16.1 Å². The fourth-order valence-corrected chi connectivity index (χ4v) is 3.75. The molecule has 0 amide bonds. The maximum absolute atomic E-state index is 11.2. The van der Waals surface area contributed by atoms with E-state index in [1.54, 1.807) is 35.6 Å². The molecule has 2 heterocycles. The van der Waals surface area contributed by atoms with Crippen LogP contribution in [0.5, 0.6) is 0 Å². The smallest absolute Gasteiger partial charge is 0.309 e. The van der Waals surface area contributed by atoms with Gasteiger partial charge in [-0.05, 0) is 41.8 Å². The Labute approximate surface area is 152 Å². The third-order valence-electron chi connectivity index (χ3n) is 3.76. The molecule has 0 aliphatic heterocycles. The Bertz CT molecular complexity index is 1030. The number of thiophene rings is 1. The van der Waals surface area contributed by atoms with Gasteiger partial charge in [-0.1, -0.05) is 29.8 Å². The van der Waals surface area contributed by atoms with Gasteiger partial charge >= 0.3 is 5.97 Å². The third kappa shape index (κ3) is 3.16. The van der Waals surface area contributed by atoms with Crippen LogP contribution in [0.4, 0.5) is 0 Å². The second-order valence-corrected chi connectivity index (χ2v) is 7.04. The van der Waals surface area contributed by atoms with Crippen molar-refractivity contribution in [1.82, 2.24) is 4.98 Å². The van der Waals surface area contributed by atoms with Gasteiger partial charge in [-0.2, -0.15) is 0 Å². The first-order chi connectivity index (χ1) is 12.1. The summed E-state index contributed by atoms with van der Waals surface area (Å²) in [5, 5.41) is 10.9. The summed E-state index contributed by atoms with van der Waals surface area (Å²) in [6, 6.07) is 17.1. The Morgan fingerprint density at radius 3 is 2.64 bits per heavy atom. The van der Waals surface area contributed by atoms with E-state index in [1.165, 1.54) is 0 Å². The molecular weight excluding hydrogens is 358 g/mol. The molecule has 0 saturated heterocycles. The van der Waals surface area contributed by atoms with Crippen molar-refractivity contribution in [2.24, 2.45) is 0 Å². The number of fused-ring (bicyclic) bond motifs is 1. The fraction of sp³-hybridized carbons (Fsp3) is 0.0526. The van der Waals surface area contributed by atoms with E-state index in [2.05, 4.69) is 4.98 Å². The van der Waals surface area contributed by atoms with E-state index < -0.39 is 5.97 Å². The summed E-state index contributed by atoms with van der Waals surface area (Å²) < 4.78 is 7.08. The zero-order chi connectivity index (χ0) is 17.4. The van der Waals surface area contributed by atoms with Gasteiger partial charge in [0.15, 0.2) is 5.76 Å². The van der Waals surface area contributed by atoms with Crippen LogP contribution in [0.15, 0.2) is 59.0 Å². The van der Waals surface area contributed by atoms with Crippen LogP contribution < -0.4 is 0 Å². The van der Waals surface area contributed by atoms with Crippen molar-refractivity contribution in [2.45, 2.75) is 6.42 Å². The van der Waals surface area contributed by atoms with Gasteiger partial charge in [-0.15, -0.1) is 11.3 Å². The molecule has 25 heavy (non-hydrogen) atoms. The van der Waals surface area contributed by atoms with Crippen LogP contribution in [0, 0.1) is 0 Å². The zero-order valence-corrected chi connectivity index (χ0v) is 14.5. The summed E-state index contributed by atoms with van der Waals surface area (Å²) in [4.78, 5) is 16.5. The van der Waals surface area contributed by atoms with E-state index in [-0.39, 0.29) is 6.42 Å². The van der Waals surface area contributed by atoms with E-state index >= 15 is 0 Å². The predicted molar refractivity (Wildman–Crippen MR) is 99.1 cm³/mol. The van der Waals surface area contributed by atoms with Crippen molar-refractivity contribution in [1.29, 1.82) is 0 Å². The number of hydrogen-bond acceptors (Lipinski definition) is 4. The van der Waals surface area contributed by atoms with Gasteiger partial charge in [0.25, 0.3) is 0 Å². The SMILES string of the molecule is O=C(O)Cc1nc(-c2cc3ccccc3s2)oc1-c1ccc(Cl)cc1. The summed E-state index contributed by atoms with van der Waals surface area (Å²) in [5.41, 5.74) is 1.16. The maximum Gasteiger partial charge on any atom is 0.309 e. The molecular formula is C19H12ClNO3S. The van der Waals surface area contributed by atoms with Crippen LogP contribution in [-0.2, 0) is 11.2 Å². The molecule has 0 fully saturated rings. The summed E-state index contributed by atoms with van der Waals surface area (Å²) in [5.74, 6) is -0.0553. The van der Waals surface area contributed by atoms with Gasteiger partial charge in [-0.3, -0.25) is 4.79 Å². The minimum atomic E-state index is -0.952. The van der Waals surface area contributed by atoms with Gasteiger partial charge < -0.3 is 9.52 Å². The summed E-state index contributed by atoms with van der Waals surface area (Å²) in [6.45, 7) is 0. The molecule has 0 spiro atoms. The molecule has 0 aliphatic carbocycles. The highest BCUT2D eigenvalue weighted by Crippen LogP contribution is 2.36. The van der Waals surface area contributed by atoms with Crippen molar-refractivity contribution in [3.05, 3.63) is 65.3 Å². The number of rotatable bonds is 4. The number of hydrogen-bond donors (Lipinski definition) is 1. The number of carboxylic acids is 1. The van der Waals surface area contributed by atoms with Crippen molar-refractivity contribution in [3.8, 4) is 22.1 Å². The molecule has 1 N–H and O–H groups in total. The van der Waals surface area contributed by atoms with Crippen molar-refractivity contribution in [2.75, 3.05) is 0 Å². The average molecular weight is 370 g/mol. The van der Waals surface area contributed by atoms with E-state index in [0.29, 0.717) is 22.4 Å². The molecule has 2 aromatic heterocycles. The van der Waals surface area contributed by atoms with Crippen LogP contribution in [0.2, 0.25) is 5.02 Å². The average Bonchev–Trinajstić information content (AvgIpc) is 3.19. The van der Waals surface area contributed by atoms with Gasteiger partial charge in [0.1, 0.15) is 0 Å². The first-order valence-electron chi connectivity index (χ1n) is 7.56. The first kappa shape index (κ1) is 15.9. The van der Waals surface area contributed by atoms with E-state index in [1.807, 2.05) is 30.3 Å². The minimum Gasteiger partial charge on any atom is -0.481 e. The van der Waals surface area contributed by atoms with E-state index in [9.17, 15) is 9.90 Å². The number of oxazole rings is 1. The van der Waals surface area contributed by atoms with Gasteiger partial charge in [-0.25, -0.2) is 4.98 Å². The lowest BCUT2D eigenvalue weighted by molar-refractivity contribution is -0.136. The topological polar surface area (TPSA) is 63.3 Å². The highest BCUT2D eigenvalue weighted by Gasteiger charge is 2.19. The van der Waals surface area contributed by atoms with Crippen molar-refractivity contribution >= 4 is 39.0 Å². The molecule has 4 rings (SSSR count). The second kappa shape index (κ2) is 6.35. The molecule has 4 nitrogen and oxygen atoms in total. The third-order valence-corrected chi connectivity index (χ3v) is 5.11. The molecule has 124 valence electrons. The number of carbonyl (C=O) groups is 1. The number of aromatic nitrogens is 1. The number of benzene rings is 2.